The number of nitrogens with zero attached hydrogens (tertiary/aromatic N) is 2. The summed E-state index contributed by atoms with van der Waals surface area (Å²) in [4.78, 5) is 32.2. The second-order valence-electron chi connectivity index (χ2n) is 9.07. The van der Waals surface area contributed by atoms with Gasteiger partial charge in [0, 0.05) is 0 Å². The molecule has 0 saturated carbocycles. The molecule has 9 heteroatoms. The largest absolute Gasteiger partial charge is 0.494 e. The summed E-state index contributed by atoms with van der Waals surface area (Å²) < 4.78 is 24.1. The average molecular weight is 537 g/mol. The van der Waals surface area contributed by atoms with Crippen molar-refractivity contribution in [3.05, 3.63) is 84.5 Å². The highest BCUT2D eigenvalue weighted by Crippen LogP contribution is 2.32. The van der Waals surface area contributed by atoms with E-state index in [2.05, 4.69) is 4.99 Å². The number of methoxy groups -OCH3 is 2. The summed E-state index contributed by atoms with van der Waals surface area (Å²) in [5.74, 6) is 1.39. The molecule has 8 nitrogen and oxygen atoms in total. The maximum Gasteiger partial charge on any atom is 0.338 e. The van der Waals surface area contributed by atoms with E-state index in [0.717, 1.165) is 23.3 Å². The molecule has 0 fully saturated rings. The summed E-state index contributed by atoms with van der Waals surface area (Å²) in [6.07, 6.45) is 2.37. The highest BCUT2D eigenvalue weighted by atomic mass is 32.1. The van der Waals surface area contributed by atoms with Crippen LogP contribution < -0.4 is 29.1 Å². The Hall–Kier alpha value is -3.85. The van der Waals surface area contributed by atoms with Crippen LogP contribution in [-0.2, 0) is 9.53 Å². The third-order valence-corrected chi connectivity index (χ3v) is 6.94. The first kappa shape index (κ1) is 27.2. The number of fused-ring (bicyclic) bond motifs is 1. The van der Waals surface area contributed by atoms with Crippen molar-refractivity contribution < 1.29 is 23.7 Å². The molecule has 1 atom stereocenters. The van der Waals surface area contributed by atoms with Crippen LogP contribution in [0.1, 0.15) is 51.3 Å². The van der Waals surface area contributed by atoms with Crippen LogP contribution in [0, 0.1) is 0 Å². The number of ether oxygens (including phenoxy) is 4. The van der Waals surface area contributed by atoms with Gasteiger partial charge >= 0.3 is 5.97 Å². The normalized spacial score (nSPS) is 15.2. The van der Waals surface area contributed by atoms with Crippen LogP contribution in [0.25, 0.3) is 6.08 Å². The van der Waals surface area contributed by atoms with Gasteiger partial charge in [0.1, 0.15) is 5.75 Å². The van der Waals surface area contributed by atoms with Gasteiger partial charge < -0.3 is 18.9 Å². The Balaban J connectivity index is 1.87. The molecular weight excluding hydrogens is 504 g/mol. The first-order valence-corrected chi connectivity index (χ1v) is 13.3. The lowest BCUT2D eigenvalue weighted by atomic mass is 9.96. The topological polar surface area (TPSA) is 88.4 Å². The zero-order chi connectivity index (χ0) is 27.4. The van der Waals surface area contributed by atoms with Gasteiger partial charge in [0.2, 0.25) is 0 Å². The minimum absolute atomic E-state index is 0.248. The molecular formula is C29H32N2O6S. The quantitative estimate of drug-likeness (QED) is 0.384. The molecule has 0 amide bonds. The number of hydrogen-bond donors (Lipinski definition) is 0. The summed E-state index contributed by atoms with van der Waals surface area (Å²) in [6, 6.07) is 12.2. The Morgan fingerprint density at radius 3 is 2.45 bits per heavy atom. The zero-order valence-electron chi connectivity index (χ0n) is 22.4. The molecule has 1 aliphatic rings. The Labute approximate surface area is 225 Å². The molecule has 0 saturated heterocycles. The van der Waals surface area contributed by atoms with Gasteiger partial charge in [-0.15, -0.1) is 0 Å². The van der Waals surface area contributed by atoms with Gasteiger partial charge in [-0.3, -0.25) is 9.36 Å². The van der Waals surface area contributed by atoms with E-state index in [-0.39, 0.29) is 11.7 Å². The molecule has 1 aromatic heterocycles. The predicted molar refractivity (Wildman–Crippen MR) is 147 cm³/mol. The van der Waals surface area contributed by atoms with Crippen molar-refractivity contribution in [2.75, 3.05) is 20.8 Å². The average Bonchev–Trinajstić information content (AvgIpc) is 3.20. The van der Waals surface area contributed by atoms with E-state index in [1.807, 2.05) is 37.3 Å². The van der Waals surface area contributed by atoms with Crippen LogP contribution in [0.15, 0.2) is 63.5 Å². The number of hydrogen-bond acceptors (Lipinski definition) is 8. The predicted octanol–water partition coefficient (Wildman–Crippen LogP) is 3.99. The van der Waals surface area contributed by atoms with Gasteiger partial charge in [0.25, 0.3) is 5.56 Å². The van der Waals surface area contributed by atoms with Crippen molar-refractivity contribution in [3.8, 4) is 17.2 Å². The summed E-state index contributed by atoms with van der Waals surface area (Å²) in [6.45, 7) is 8.01. The Morgan fingerprint density at radius 2 is 1.82 bits per heavy atom. The van der Waals surface area contributed by atoms with Gasteiger partial charge in [-0.05, 0) is 68.7 Å². The van der Waals surface area contributed by atoms with E-state index in [9.17, 15) is 9.59 Å². The fraction of sp³-hybridized carbons (Fsp3) is 0.345. The van der Waals surface area contributed by atoms with Crippen molar-refractivity contribution in [3.63, 3.8) is 0 Å². The second-order valence-corrected chi connectivity index (χ2v) is 10.1. The minimum atomic E-state index is -0.690. The number of allylic oxidation sites excluding steroid dienone is 1. The first-order chi connectivity index (χ1) is 18.3. The molecule has 3 aromatic rings. The maximum absolute atomic E-state index is 13.8. The van der Waals surface area contributed by atoms with E-state index in [0.29, 0.717) is 38.7 Å². The van der Waals surface area contributed by atoms with Crippen LogP contribution >= 0.6 is 11.3 Å². The fourth-order valence-electron chi connectivity index (χ4n) is 4.24. The molecule has 2 aromatic carbocycles. The van der Waals surface area contributed by atoms with E-state index in [1.165, 1.54) is 11.3 Å². The smallest absolute Gasteiger partial charge is 0.338 e. The van der Waals surface area contributed by atoms with E-state index in [4.69, 9.17) is 18.9 Å². The van der Waals surface area contributed by atoms with Crippen molar-refractivity contribution in [2.45, 2.75) is 46.3 Å². The molecule has 0 radical (unpaired) electrons. The number of thiazole rings is 1. The molecule has 0 spiro atoms. The lowest BCUT2D eigenvalue weighted by Gasteiger charge is -2.25. The number of benzene rings is 2. The van der Waals surface area contributed by atoms with Crippen molar-refractivity contribution in [1.29, 1.82) is 0 Å². The number of rotatable bonds is 9. The summed E-state index contributed by atoms with van der Waals surface area (Å²) >= 11 is 1.27. The van der Waals surface area contributed by atoms with E-state index in [1.54, 1.807) is 57.8 Å². The molecule has 1 aliphatic heterocycles. The first-order valence-electron chi connectivity index (χ1n) is 12.5. The second kappa shape index (κ2) is 11.7. The van der Waals surface area contributed by atoms with Gasteiger partial charge in [-0.25, -0.2) is 9.79 Å². The minimum Gasteiger partial charge on any atom is -0.494 e. The molecule has 0 aliphatic carbocycles. The number of aromatic nitrogens is 1. The van der Waals surface area contributed by atoms with Crippen molar-refractivity contribution >= 4 is 23.4 Å². The maximum atomic E-state index is 13.8. The van der Waals surface area contributed by atoms with Crippen LogP contribution in [0.2, 0.25) is 0 Å². The van der Waals surface area contributed by atoms with Crippen LogP contribution in [-0.4, -0.2) is 37.5 Å². The SMILES string of the molecule is CCCOc1ccc(C2C(C(=O)OC(C)C)=C(C)N=c3sc(=Cc4ccc(OC)c(OC)c4)c(=O)n32)cc1. The lowest BCUT2D eigenvalue weighted by molar-refractivity contribution is -0.143. The Morgan fingerprint density at radius 1 is 1.11 bits per heavy atom. The molecule has 0 bridgehead atoms. The number of carbonyl (C=O) groups excluding carboxylic acids is 1. The standard InChI is InChI=1S/C29H32N2O6S/c1-7-14-36-21-11-9-20(10-12-21)26-25(28(33)37-17(2)3)18(4)30-29-31(26)27(32)24(38-29)16-19-8-13-22(34-5)23(15-19)35-6/h8-13,15-17,26H,7,14H2,1-6H3. The third-order valence-electron chi connectivity index (χ3n) is 5.96. The monoisotopic (exact) mass is 536 g/mol. The highest BCUT2D eigenvalue weighted by Gasteiger charge is 2.33. The van der Waals surface area contributed by atoms with E-state index < -0.39 is 12.0 Å². The molecule has 38 heavy (non-hydrogen) atoms. The molecule has 1 unspecified atom stereocenters. The van der Waals surface area contributed by atoms with Crippen LogP contribution in [0.5, 0.6) is 17.2 Å². The Bertz CT molecular complexity index is 1530. The summed E-state index contributed by atoms with van der Waals surface area (Å²) in [5.41, 5.74) is 2.15. The summed E-state index contributed by atoms with van der Waals surface area (Å²) in [5, 5.41) is 0. The molecule has 4 rings (SSSR count). The summed E-state index contributed by atoms with van der Waals surface area (Å²) in [7, 11) is 3.14. The fourth-order valence-corrected chi connectivity index (χ4v) is 5.28. The van der Waals surface area contributed by atoms with Gasteiger partial charge in [-0.1, -0.05) is 36.5 Å². The molecule has 0 N–H and O–H groups in total. The lowest BCUT2D eigenvalue weighted by Crippen LogP contribution is -2.40. The van der Waals surface area contributed by atoms with Gasteiger partial charge in [0.15, 0.2) is 16.3 Å². The zero-order valence-corrected chi connectivity index (χ0v) is 23.3. The van der Waals surface area contributed by atoms with E-state index >= 15 is 0 Å². The highest BCUT2D eigenvalue weighted by molar-refractivity contribution is 7.07. The van der Waals surface area contributed by atoms with Crippen LogP contribution in [0.3, 0.4) is 0 Å². The molecule has 2 heterocycles. The van der Waals surface area contributed by atoms with Gasteiger partial charge in [0.05, 0.1) is 48.8 Å². The van der Waals surface area contributed by atoms with Gasteiger partial charge in [-0.2, -0.15) is 0 Å². The third kappa shape index (κ3) is 5.52. The molecule has 200 valence electrons. The van der Waals surface area contributed by atoms with Crippen molar-refractivity contribution in [2.24, 2.45) is 4.99 Å². The van der Waals surface area contributed by atoms with Crippen LogP contribution in [0.4, 0.5) is 0 Å². The number of esters is 1. The number of carbonyl (C=O) groups is 1. The Kier molecular flexibility index (Phi) is 8.36. The van der Waals surface area contributed by atoms with Crippen molar-refractivity contribution in [1.82, 2.24) is 4.57 Å².